The van der Waals surface area contributed by atoms with Crippen molar-refractivity contribution in [2.45, 2.75) is 13.1 Å². The SMILES string of the molecule is Cc1c(/C=C/C(=O)N(C)c2ccccc2)c(O)n(Nc2ccc(C(F)(F)F)c(Cl)n2)c1O. The Kier molecular flexibility index (Phi) is 6.35. The zero-order valence-corrected chi connectivity index (χ0v) is 17.6. The Balaban J connectivity index is 1.85. The quantitative estimate of drug-likeness (QED) is 0.370. The minimum absolute atomic E-state index is 0.128. The number of para-hydroxylation sites is 1. The molecule has 0 saturated heterocycles. The Hall–Kier alpha value is -3.66. The van der Waals surface area contributed by atoms with E-state index in [2.05, 4.69) is 10.4 Å². The molecule has 32 heavy (non-hydrogen) atoms. The molecule has 0 radical (unpaired) electrons. The van der Waals surface area contributed by atoms with Crippen LogP contribution in [-0.2, 0) is 11.0 Å². The van der Waals surface area contributed by atoms with Gasteiger partial charge in [-0.2, -0.15) is 17.8 Å². The first kappa shape index (κ1) is 23.0. The van der Waals surface area contributed by atoms with Crippen molar-refractivity contribution in [1.29, 1.82) is 0 Å². The van der Waals surface area contributed by atoms with Gasteiger partial charge in [0.05, 0.1) is 5.56 Å². The van der Waals surface area contributed by atoms with E-state index < -0.39 is 28.7 Å². The molecule has 0 bridgehead atoms. The Morgan fingerprint density at radius 3 is 2.41 bits per heavy atom. The van der Waals surface area contributed by atoms with Gasteiger partial charge in [-0.25, -0.2) is 4.98 Å². The maximum absolute atomic E-state index is 12.8. The van der Waals surface area contributed by atoms with Crippen molar-refractivity contribution in [3.05, 3.63) is 70.4 Å². The molecular weight excluding hydrogens is 449 g/mol. The van der Waals surface area contributed by atoms with Gasteiger partial charge in [-0.3, -0.25) is 10.2 Å². The summed E-state index contributed by atoms with van der Waals surface area (Å²) in [7, 11) is 1.58. The third-order valence-corrected chi connectivity index (χ3v) is 4.94. The Morgan fingerprint density at radius 1 is 1.16 bits per heavy atom. The number of pyridine rings is 1. The lowest BCUT2D eigenvalue weighted by molar-refractivity contribution is -0.137. The molecule has 0 unspecified atom stereocenters. The van der Waals surface area contributed by atoms with Crippen molar-refractivity contribution in [2.75, 3.05) is 17.4 Å². The summed E-state index contributed by atoms with van der Waals surface area (Å²) in [6.45, 7) is 1.49. The van der Waals surface area contributed by atoms with E-state index in [0.29, 0.717) is 5.69 Å². The largest absolute Gasteiger partial charge is 0.493 e. The number of nitrogens with zero attached hydrogens (tertiary/aromatic N) is 3. The lowest BCUT2D eigenvalue weighted by Crippen LogP contribution is -2.23. The number of alkyl halides is 3. The maximum atomic E-state index is 12.8. The highest BCUT2D eigenvalue weighted by atomic mass is 35.5. The predicted molar refractivity (Wildman–Crippen MR) is 115 cm³/mol. The van der Waals surface area contributed by atoms with Gasteiger partial charge in [0.2, 0.25) is 11.8 Å². The molecule has 0 fully saturated rings. The summed E-state index contributed by atoms with van der Waals surface area (Å²) < 4.78 is 39.3. The number of halogens is 4. The second-order valence-corrected chi connectivity index (χ2v) is 7.09. The standard InChI is InChI=1S/C21H18ClF3N4O3/c1-12-14(8-11-17(30)28(2)13-6-4-3-5-7-13)20(32)29(19(12)31)27-16-10-9-15(18(22)26-16)21(23,24)25/h3-11,31-32H,1-2H3,(H,26,27)/b11-8+. The smallest absolute Gasteiger partial charge is 0.419 e. The van der Waals surface area contributed by atoms with Crippen LogP contribution in [0.5, 0.6) is 11.8 Å². The van der Waals surface area contributed by atoms with Crippen LogP contribution in [0.1, 0.15) is 16.7 Å². The number of hydrogen-bond acceptors (Lipinski definition) is 5. The van der Waals surface area contributed by atoms with Crippen LogP contribution < -0.4 is 10.3 Å². The van der Waals surface area contributed by atoms with Crippen molar-refractivity contribution in [3.8, 4) is 11.8 Å². The monoisotopic (exact) mass is 466 g/mol. The summed E-state index contributed by atoms with van der Waals surface area (Å²) in [5.41, 5.74) is 2.37. The molecule has 168 valence electrons. The number of anilines is 2. The number of rotatable bonds is 5. The highest BCUT2D eigenvalue weighted by Crippen LogP contribution is 2.36. The first-order valence-corrected chi connectivity index (χ1v) is 9.53. The average Bonchev–Trinajstić information content (AvgIpc) is 2.94. The Bertz CT molecular complexity index is 1180. The van der Waals surface area contributed by atoms with Gasteiger partial charge in [-0.1, -0.05) is 29.8 Å². The third kappa shape index (κ3) is 4.65. The Morgan fingerprint density at radius 2 is 1.81 bits per heavy atom. The molecule has 11 heteroatoms. The zero-order chi connectivity index (χ0) is 23.6. The van der Waals surface area contributed by atoms with Gasteiger partial charge in [0.15, 0.2) is 0 Å². The average molecular weight is 467 g/mol. The maximum Gasteiger partial charge on any atom is 0.419 e. The van der Waals surface area contributed by atoms with Crippen LogP contribution in [0.3, 0.4) is 0 Å². The molecule has 1 amide bonds. The van der Waals surface area contributed by atoms with Crippen LogP contribution in [0.15, 0.2) is 48.5 Å². The predicted octanol–water partition coefficient (Wildman–Crippen LogP) is 4.83. The van der Waals surface area contributed by atoms with Crippen LogP contribution in [0.25, 0.3) is 6.08 Å². The number of carbonyl (C=O) groups is 1. The van der Waals surface area contributed by atoms with E-state index in [1.54, 1.807) is 31.3 Å². The molecule has 0 atom stereocenters. The molecule has 3 N–H and O–H groups in total. The number of likely N-dealkylation sites (N-methyl/N-ethyl adjacent to an activating group) is 1. The van der Waals surface area contributed by atoms with Crippen LogP contribution in [0.2, 0.25) is 5.15 Å². The number of amides is 1. The lowest BCUT2D eigenvalue weighted by atomic mass is 10.2. The van der Waals surface area contributed by atoms with Gasteiger partial charge < -0.3 is 15.1 Å². The summed E-state index contributed by atoms with van der Waals surface area (Å²) in [6, 6.07) is 10.6. The fourth-order valence-corrected chi connectivity index (χ4v) is 3.11. The molecule has 3 rings (SSSR count). The molecular formula is C21H18ClF3N4O3. The van der Waals surface area contributed by atoms with E-state index in [1.165, 1.54) is 24.0 Å². The van der Waals surface area contributed by atoms with Gasteiger partial charge in [0.1, 0.15) is 11.0 Å². The Labute approximate surface area is 186 Å². The molecule has 0 aliphatic heterocycles. The molecule has 0 aliphatic rings. The van der Waals surface area contributed by atoms with Crippen molar-refractivity contribution in [1.82, 2.24) is 9.66 Å². The van der Waals surface area contributed by atoms with E-state index in [1.807, 2.05) is 6.07 Å². The molecule has 1 aromatic carbocycles. The van der Waals surface area contributed by atoms with Gasteiger partial charge in [-0.15, -0.1) is 0 Å². The highest BCUT2D eigenvalue weighted by Gasteiger charge is 2.34. The minimum atomic E-state index is -4.67. The second kappa shape index (κ2) is 8.83. The van der Waals surface area contributed by atoms with E-state index in [-0.39, 0.29) is 22.9 Å². The number of aromatic nitrogens is 2. The van der Waals surface area contributed by atoms with Gasteiger partial charge in [0.25, 0.3) is 5.91 Å². The topological polar surface area (TPSA) is 90.6 Å². The van der Waals surface area contributed by atoms with E-state index in [0.717, 1.165) is 16.8 Å². The van der Waals surface area contributed by atoms with Crippen LogP contribution in [0.4, 0.5) is 24.7 Å². The number of nitrogens with one attached hydrogen (secondary N) is 1. The van der Waals surface area contributed by atoms with Gasteiger partial charge in [-0.05, 0) is 37.3 Å². The van der Waals surface area contributed by atoms with Gasteiger partial charge in [0, 0.05) is 29.9 Å². The molecule has 2 aromatic heterocycles. The summed E-state index contributed by atoms with van der Waals surface area (Å²) >= 11 is 5.60. The zero-order valence-electron chi connectivity index (χ0n) is 16.9. The fraction of sp³-hybridized carbons (Fsp3) is 0.143. The van der Waals surface area contributed by atoms with Crippen molar-refractivity contribution < 1.29 is 28.2 Å². The second-order valence-electron chi connectivity index (χ2n) is 6.73. The summed E-state index contributed by atoms with van der Waals surface area (Å²) in [4.78, 5) is 17.4. The van der Waals surface area contributed by atoms with E-state index in [4.69, 9.17) is 11.6 Å². The number of benzene rings is 1. The van der Waals surface area contributed by atoms with E-state index >= 15 is 0 Å². The molecule has 0 saturated carbocycles. The van der Waals surface area contributed by atoms with Crippen molar-refractivity contribution >= 4 is 35.1 Å². The summed E-state index contributed by atoms with van der Waals surface area (Å²) in [6.07, 6.45) is -2.14. The van der Waals surface area contributed by atoms with Gasteiger partial charge >= 0.3 is 6.18 Å². The fourth-order valence-electron chi connectivity index (χ4n) is 2.85. The van der Waals surface area contributed by atoms with Crippen molar-refractivity contribution in [3.63, 3.8) is 0 Å². The highest BCUT2D eigenvalue weighted by molar-refractivity contribution is 6.30. The van der Waals surface area contributed by atoms with E-state index in [9.17, 15) is 28.2 Å². The number of aromatic hydroxyl groups is 2. The number of carbonyl (C=O) groups excluding carboxylic acids is 1. The van der Waals surface area contributed by atoms with Crippen molar-refractivity contribution in [2.24, 2.45) is 0 Å². The molecule has 7 nitrogen and oxygen atoms in total. The van der Waals surface area contributed by atoms with Crippen LogP contribution >= 0.6 is 11.6 Å². The molecule has 0 spiro atoms. The third-order valence-electron chi connectivity index (χ3n) is 4.65. The normalized spacial score (nSPS) is 11.7. The lowest BCUT2D eigenvalue weighted by Gasteiger charge is -2.14. The molecule has 3 aromatic rings. The minimum Gasteiger partial charge on any atom is -0.493 e. The summed E-state index contributed by atoms with van der Waals surface area (Å²) in [5.74, 6) is -1.45. The molecule has 0 aliphatic carbocycles. The first-order chi connectivity index (χ1) is 15.0. The van der Waals surface area contributed by atoms with Crippen LogP contribution in [0, 0.1) is 6.92 Å². The summed E-state index contributed by atoms with van der Waals surface area (Å²) in [5, 5.41) is 20.0. The van der Waals surface area contributed by atoms with Crippen LogP contribution in [-0.4, -0.2) is 32.8 Å². The molecule has 2 heterocycles. The first-order valence-electron chi connectivity index (χ1n) is 9.15. The number of hydrogen-bond donors (Lipinski definition) is 3.